The lowest BCUT2D eigenvalue weighted by Gasteiger charge is -2.40. The number of aromatic nitrogens is 1. The van der Waals surface area contributed by atoms with Gasteiger partial charge in [0, 0.05) is 29.3 Å². The van der Waals surface area contributed by atoms with Crippen molar-refractivity contribution in [3.63, 3.8) is 0 Å². The number of carbonyl (C=O) groups excluding carboxylic acids is 1. The van der Waals surface area contributed by atoms with Crippen molar-refractivity contribution in [3.05, 3.63) is 72.9 Å². The zero-order chi connectivity index (χ0) is 19.9. The maximum Gasteiger partial charge on any atom is 0.310 e. The summed E-state index contributed by atoms with van der Waals surface area (Å²) in [4.78, 5) is 9.44. The molecule has 0 aliphatic heterocycles. The molecule has 27 heavy (non-hydrogen) atoms. The number of nitrogens with zero attached hydrogens (tertiary/aromatic N) is 1. The summed E-state index contributed by atoms with van der Waals surface area (Å²) in [6.45, 7) is 3.58. The summed E-state index contributed by atoms with van der Waals surface area (Å²) in [5.41, 5.74) is 1.80. The van der Waals surface area contributed by atoms with Crippen LogP contribution in [0.4, 0.5) is 25.1 Å². The maximum absolute atomic E-state index is 12.8. The first-order chi connectivity index (χ1) is 12.4. The Balaban J connectivity index is 1.85. The van der Waals surface area contributed by atoms with Crippen LogP contribution in [0.5, 0.6) is 0 Å². The Hall–Kier alpha value is -2.81. The molecule has 0 fully saturated rings. The monoisotopic (exact) mass is 402 g/mol. The van der Waals surface area contributed by atoms with E-state index in [9.17, 15) is 24.2 Å². The van der Waals surface area contributed by atoms with Gasteiger partial charge in [0.05, 0.1) is 0 Å². The third-order valence-electron chi connectivity index (χ3n) is 3.95. The fraction of sp³-hybridized carbons (Fsp3) is 0.0556. The molecule has 0 atom stereocenters. The summed E-state index contributed by atoms with van der Waals surface area (Å²) in [7, 11) is -9.66. The number of hydrogen-bond acceptors (Lipinski definition) is 1. The van der Waals surface area contributed by atoms with Gasteiger partial charge in [-0.25, -0.2) is 0 Å². The van der Waals surface area contributed by atoms with Gasteiger partial charge in [-0.3, -0.25) is 4.79 Å². The lowest BCUT2D eigenvalue weighted by molar-refractivity contribution is -0.111. The zero-order valence-electron chi connectivity index (χ0n) is 13.8. The van der Waals surface area contributed by atoms with Gasteiger partial charge in [-0.1, -0.05) is 38.1 Å². The van der Waals surface area contributed by atoms with E-state index in [1.807, 2.05) is 0 Å². The fourth-order valence-corrected chi connectivity index (χ4v) is 3.31. The highest BCUT2D eigenvalue weighted by Crippen LogP contribution is 3.02. The van der Waals surface area contributed by atoms with Crippen LogP contribution in [0.2, 0.25) is 0 Å². The van der Waals surface area contributed by atoms with Gasteiger partial charge in [0.2, 0.25) is 5.91 Å². The Bertz CT molecular complexity index is 1040. The molecular weight excluding hydrogens is 387 g/mol. The molecule has 0 unspecified atom stereocenters. The van der Waals surface area contributed by atoms with E-state index in [2.05, 4.69) is 11.9 Å². The molecule has 0 aliphatic rings. The SMILES string of the molecule is C=CC(=O)Nc1ccc2c(ccn2Cc2ccc(S(F)(F)(F)(F)F)cc2)c1. The number of benzene rings is 2. The van der Waals surface area contributed by atoms with Crippen molar-refractivity contribution in [2.24, 2.45) is 0 Å². The molecule has 1 aromatic heterocycles. The predicted molar refractivity (Wildman–Crippen MR) is 97.7 cm³/mol. The first-order valence-corrected chi connectivity index (χ1v) is 9.66. The third kappa shape index (κ3) is 4.30. The molecule has 1 heterocycles. The Labute approximate surface area is 151 Å². The minimum Gasteiger partial charge on any atom is -0.343 e. The van der Waals surface area contributed by atoms with Crippen LogP contribution < -0.4 is 5.32 Å². The summed E-state index contributed by atoms with van der Waals surface area (Å²) in [5, 5.41) is 3.44. The Morgan fingerprint density at radius 3 is 2.30 bits per heavy atom. The fourth-order valence-electron chi connectivity index (χ4n) is 2.66. The van der Waals surface area contributed by atoms with E-state index in [-0.39, 0.29) is 12.5 Å². The lowest BCUT2D eigenvalue weighted by atomic mass is 10.2. The summed E-state index contributed by atoms with van der Waals surface area (Å²) in [6, 6.07) is 9.84. The van der Waals surface area contributed by atoms with E-state index < -0.39 is 15.1 Å². The number of nitrogens with one attached hydrogen (secondary N) is 1. The first-order valence-electron chi connectivity index (χ1n) is 7.71. The molecule has 0 aliphatic carbocycles. The topological polar surface area (TPSA) is 34.0 Å². The minimum absolute atomic E-state index is 0.211. The molecule has 2 aromatic carbocycles. The summed E-state index contributed by atoms with van der Waals surface area (Å²) < 4.78 is 65.7. The molecule has 3 rings (SSSR count). The van der Waals surface area contributed by atoms with Gasteiger partial charge in [-0.15, -0.1) is 0 Å². The highest BCUT2D eigenvalue weighted by Gasteiger charge is 2.65. The second-order valence-electron chi connectivity index (χ2n) is 6.02. The maximum atomic E-state index is 12.8. The largest absolute Gasteiger partial charge is 0.343 e. The number of amides is 1. The van der Waals surface area contributed by atoms with Gasteiger partial charge < -0.3 is 9.88 Å². The molecule has 0 bridgehead atoms. The Kier molecular flexibility index (Phi) is 3.93. The van der Waals surface area contributed by atoms with Crippen molar-refractivity contribution in [2.75, 3.05) is 5.32 Å². The van der Waals surface area contributed by atoms with Crippen LogP contribution >= 0.6 is 10.2 Å². The van der Waals surface area contributed by atoms with Crippen LogP contribution in [-0.2, 0) is 11.3 Å². The number of anilines is 1. The van der Waals surface area contributed by atoms with Gasteiger partial charge in [0.15, 0.2) is 0 Å². The second-order valence-corrected chi connectivity index (χ2v) is 8.43. The molecule has 0 saturated heterocycles. The van der Waals surface area contributed by atoms with Crippen LogP contribution in [-0.4, -0.2) is 10.5 Å². The molecule has 3 nitrogen and oxygen atoms in total. The number of carbonyl (C=O) groups is 1. The van der Waals surface area contributed by atoms with Crippen molar-refractivity contribution in [1.82, 2.24) is 4.57 Å². The smallest absolute Gasteiger partial charge is 0.310 e. The van der Waals surface area contributed by atoms with E-state index in [0.717, 1.165) is 29.1 Å². The molecule has 3 aromatic rings. The van der Waals surface area contributed by atoms with Crippen LogP contribution in [0.3, 0.4) is 0 Å². The van der Waals surface area contributed by atoms with Gasteiger partial charge in [-0.05, 0) is 48.0 Å². The van der Waals surface area contributed by atoms with E-state index in [0.29, 0.717) is 23.4 Å². The van der Waals surface area contributed by atoms with Crippen molar-refractivity contribution in [2.45, 2.75) is 11.4 Å². The highest BCUT2D eigenvalue weighted by atomic mass is 32.5. The molecule has 144 valence electrons. The highest BCUT2D eigenvalue weighted by molar-refractivity contribution is 8.45. The molecule has 0 spiro atoms. The molecule has 0 saturated carbocycles. The van der Waals surface area contributed by atoms with E-state index in [1.54, 1.807) is 35.0 Å². The average molecular weight is 402 g/mol. The second kappa shape index (κ2) is 5.59. The van der Waals surface area contributed by atoms with Gasteiger partial charge in [0.1, 0.15) is 4.90 Å². The number of hydrogen-bond donors (Lipinski definition) is 1. The first kappa shape index (κ1) is 19.0. The normalized spacial score (nSPS) is 14.4. The summed E-state index contributed by atoms with van der Waals surface area (Å²) in [5.74, 6) is -0.349. The zero-order valence-corrected chi connectivity index (χ0v) is 14.7. The predicted octanol–water partition coefficient (Wildman–Crippen LogP) is 6.47. The van der Waals surface area contributed by atoms with Crippen molar-refractivity contribution >= 4 is 32.7 Å². The summed E-state index contributed by atoms with van der Waals surface area (Å²) >= 11 is 0. The molecule has 0 radical (unpaired) electrons. The van der Waals surface area contributed by atoms with Crippen LogP contribution in [0.15, 0.2) is 72.3 Å². The number of rotatable bonds is 5. The van der Waals surface area contributed by atoms with Crippen LogP contribution in [0.25, 0.3) is 10.9 Å². The van der Waals surface area contributed by atoms with E-state index in [4.69, 9.17) is 0 Å². The average Bonchev–Trinajstić information content (AvgIpc) is 2.95. The lowest BCUT2D eigenvalue weighted by Crippen LogP contribution is -2.07. The molecule has 1 amide bonds. The van der Waals surface area contributed by atoms with Gasteiger partial charge >= 0.3 is 10.2 Å². The third-order valence-corrected chi connectivity index (χ3v) is 5.11. The Morgan fingerprint density at radius 2 is 1.70 bits per heavy atom. The quantitative estimate of drug-likeness (QED) is 0.385. The molecular formula is C18H15F5N2OS. The molecule has 9 heteroatoms. The minimum atomic E-state index is -9.66. The van der Waals surface area contributed by atoms with E-state index in [1.165, 1.54) is 0 Å². The van der Waals surface area contributed by atoms with Crippen molar-refractivity contribution < 1.29 is 24.2 Å². The van der Waals surface area contributed by atoms with Crippen molar-refractivity contribution in [3.8, 4) is 0 Å². The van der Waals surface area contributed by atoms with Gasteiger partial charge in [0.25, 0.3) is 0 Å². The molecule has 1 N–H and O–H groups in total. The standard InChI is InChI=1S/C18H15F5N2OS/c1-2-18(26)24-15-5-8-17-14(11-15)9-10-25(17)12-13-3-6-16(7-4-13)27(19,20,21,22)23/h2-11H,1,12H2,(H,24,26). The summed E-state index contributed by atoms with van der Waals surface area (Å²) in [6.07, 6.45) is 2.87. The Morgan fingerprint density at radius 1 is 1.04 bits per heavy atom. The van der Waals surface area contributed by atoms with Crippen LogP contribution in [0.1, 0.15) is 5.56 Å². The number of fused-ring (bicyclic) bond motifs is 1. The van der Waals surface area contributed by atoms with Crippen LogP contribution in [0, 0.1) is 0 Å². The van der Waals surface area contributed by atoms with Crippen molar-refractivity contribution in [1.29, 1.82) is 0 Å². The van der Waals surface area contributed by atoms with Gasteiger partial charge in [-0.2, -0.15) is 0 Å². The number of halogens is 5. The van der Waals surface area contributed by atoms with E-state index >= 15 is 0 Å².